The summed E-state index contributed by atoms with van der Waals surface area (Å²) in [5.41, 5.74) is 1.77. The standard InChI is InChI=1S/C18H28N2O2S/c1-18(2,3)22-17(21)20(4)12-14-7-5-8-15(11-14)19-16-9-6-10-23-13-16/h5,7-8,11,16,19H,6,9-10,12-13H2,1-4H3. The summed E-state index contributed by atoms with van der Waals surface area (Å²) in [4.78, 5) is 13.7. The summed E-state index contributed by atoms with van der Waals surface area (Å²) in [7, 11) is 1.77. The number of thioether (sulfide) groups is 1. The lowest BCUT2D eigenvalue weighted by molar-refractivity contribution is 0.0285. The van der Waals surface area contributed by atoms with Crippen LogP contribution in [0.25, 0.3) is 0 Å². The van der Waals surface area contributed by atoms with Gasteiger partial charge < -0.3 is 15.0 Å². The Hall–Kier alpha value is -1.36. The van der Waals surface area contributed by atoms with E-state index in [1.807, 2.05) is 44.7 Å². The van der Waals surface area contributed by atoms with E-state index >= 15 is 0 Å². The number of carbonyl (C=O) groups is 1. The smallest absolute Gasteiger partial charge is 0.410 e. The normalized spacial score (nSPS) is 18.3. The van der Waals surface area contributed by atoms with E-state index in [4.69, 9.17) is 4.74 Å². The largest absolute Gasteiger partial charge is 0.444 e. The third-order valence-corrected chi connectivity index (χ3v) is 4.80. The summed E-state index contributed by atoms with van der Waals surface area (Å²) in [6.45, 7) is 6.19. The molecule has 1 atom stereocenters. The number of carbonyl (C=O) groups excluding carboxylic acids is 1. The van der Waals surface area contributed by atoms with Crippen LogP contribution in [-0.2, 0) is 11.3 Å². The minimum Gasteiger partial charge on any atom is -0.444 e. The van der Waals surface area contributed by atoms with Crippen molar-refractivity contribution >= 4 is 23.5 Å². The highest BCUT2D eigenvalue weighted by Crippen LogP contribution is 2.22. The molecule has 1 aromatic rings. The molecule has 1 aromatic carbocycles. The lowest BCUT2D eigenvalue weighted by atomic mass is 10.1. The fraction of sp³-hybridized carbons (Fsp3) is 0.611. The third kappa shape index (κ3) is 6.34. The molecule has 0 radical (unpaired) electrons. The van der Waals surface area contributed by atoms with Crippen LogP contribution in [0.3, 0.4) is 0 Å². The van der Waals surface area contributed by atoms with Crippen molar-refractivity contribution in [3.05, 3.63) is 29.8 Å². The lowest BCUT2D eigenvalue weighted by Crippen LogP contribution is -2.33. The van der Waals surface area contributed by atoms with Crippen molar-refractivity contribution in [2.45, 2.75) is 51.8 Å². The molecule has 128 valence electrons. The van der Waals surface area contributed by atoms with Gasteiger partial charge in [-0.05, 0) is 57.1 Å². The van der Waals surface area contributed by atoms with E-state index in [-0.39, 0.29) is 6.09 Å². The first-order valence-corrected chi connectivity index (χ1v) is 9.36. The van der Waals surface area contributed by atoms with Gasteiger partial charge in [-0.1, -0.05) is 12.1 Å². The molecule has 0 aromatic heterocycles. The fourth-order valence-electron chi connectivity index (χ4n) is 2.53. The Bertz CT molecular complexity index is 522. The first-order valence-electron chi connectivity index (χ1n) is 8.21. The van der Waals surface area contributed by atoms with Gasteiger partial charge in [-0.15, -0.1) is 0 Å². The van der Waals surface area contributed by atoms with Gasteiger partial charge in [0.05, 0.1) is 0 Å². The Kier molecular flexibility index (Phi) is 6.22. The van der Waals surface area contributed by atoms with E-state index in [2.05, 4.69) is 17.4 Å². The Morgan fingerprint density at radius 3 is 2.87 bits per heavy atom. The zero-order chi connectivity index (χ0) is 16.9. The molecule has 0 aliphatic carbocycles. The second kappa shape index (κ2) is 7.95. The summed E-state index contributed by atoms with van der Waals surface area (Å²) in [5.74, 6) is 2.45. The number of ether oxygens (including phenoxy) is 1. The van der Waals surface area contributed by atoms with Crippen LogP contribution in [0.2, 0.25) is 0 Å². The van der Waals surface area contributed by atoms with Crippen molar-refractivity contribution in [3.8, 4) is 0 Å². The van der Waals surface area contributed by atoms with Crippen LogP contribution in [-0.4, -0.2) is 41.2 Å². The summed E-state index contributed by atoms with van der Waals surface area (Å²) in [6, 6.07) is 8.85. The van der Waals surface area contributed by atoms with E-state index in [0.29, 0.717) is 12.6 Å². The average molecular weight is 337 g/mol. The number of amides is 1. The molecule has 23 heavy (non-hydrogen) atoms. The van der Waals surface area contributed by atoms with Crippen molar-refractivity contribution < 1.29 is 9.53 Å². The van der Waals surface area contributed by atoms with Gasteiger partial charge in [0.2, 0.25) is 0 Å². The van der Waals surface area contributed by atoms with Crippen LogP contribution in [0.15, 0.2) is 24.3 Å². The molecule has 1 amide bonds. The number of rotatable bonds is 4. The van der Waals surface area contributed by atoms with E-state index in [0.717, 1.165) is 11.3 Å². The Morgan fingerprint density at radius 1 is 1.43 bits per heavy atom. The third-order valence-electron chi connectivity index (χ3n) is 3.58. The SMILES string of the molecule is CN(Cc1cccc(NC2CCCSC2)c1)C(=O)OC(C)(C)C. The number of nitrogens with one attached hydrogen (secondary N) is 1. The minimum absolute atomic E-state index is 0.292. The van der Waals surface area contributed by atoms with Gasteiger partial charge in [-0.25, -0.2) is 4.79 Å². The molecule has 1 aliphatic rings. The second-order valence-electron chi connectivity index (χ2n) is 7.10. The highest BCUT2D eigenvalue weighted by molar-refractivity contribution is 7.99. The maximum atomic E-state index is 12.1. The predicted molar refractivity (Wildman–Crippen MR) is 98.1 cm³/mol. The molecule has 1 aliphatic heterocycles. The Labute approximate surface area is 144 Å². The van der Waals surface area contributed by atoms with E-state index in [9.17, 15) is 4.79 Å². The van der Waals surface area contributed by atoms with Gasteiger partial charge in [0.25, 0.3) is 0 Å². The molecule has 5 heteroatoms. The lowest BCUT2D eigenvalue weighted by Gasteiger charge is -2.25. The molecule has 0 spiro atoms. The number of hydrogen-bond donors (Lipinski definition) is 1. The van der Waals surface area contributed by atoms with Crippen LogP contribution in [0.5, 0.6) is 0 Å². The molecule has 1 N–H and O–H groups in total. The molecule has 2 rings (SSSR count). The summed E-state index contributed by atoms with van der Waals surface area (Å²) < 4.78 is 5.39. The molecule has 1 unspecified atom stereocenters. The van der Waals surface area contributed by atoms with Crippen LogP contribution in [0.1, 0.15) is 39.2 Å². The van der Waals surface area contributed by atoms with E-state index in [1.54, 1.807) is 11.9 Å². The number of benzene rings is 1. The van der Waals surface area contributed by atoms with Crippen LogP contribution < -0.4 is 5.32 Å². The minimum atomic E-state index is -0.465. The van der Waals surface area contributed by atoms with Gasteiger partial charge in [0.15, 0.2) is 0 Å². The van der Waals surface area contributed by atoms with Gasteiger partial charge in [-0.3, -0.25) is 0 Å². The summed E-state index contributed by atoms with van der Waals surface area (Å²) in [6.07, 6.45) is 2.22. The van der Waals surface area contributed by atoms with Crippen LogP contribution >= 0.6 is 11.8 Å². The Balaban J connectivity index is 1.92. The van der Waals surface area contributed by atoms with Crippen LogP contribution in [0.4, 0.5) is 10.5 Å². The van der Waals surface area contributed by atoms with Crippen molar-refractivity contribution in [2.75, 3.05) is 23.9 Å². The maximum absolute atomic E-state index is 12.1. The average Bonchev–Trinajstić information content (AvgIpc) is 2.47. The topological polar surface area (TPSA) is 41.6 Å². The molecule has 0 bridgehead atoms. The van der Waals surface area contributed by atoms with Gasteiger partial charge >= 0.3 is 6.09 Å². The first kappa shape index (κ1) is 18.0. The number of anilines is 1. The van der Waals surface area contributed by atoms with Gasteiger partial charge in [0, 0.05) is 31.1 Å². The van der Waals surface area contributed by atoms with Gasteiger partial charge in [-0.2, -0.15) is 11.8 Å². The Morgan fingerprint density at radius 2 is 2.22 bits per heavy atom. The first-order chi connectivity index (χ1) is 10.8. The molecule has 1 saturated heterocycles. The number of hydrogen-bond acceptors (Lipinski definition) is 4. The van der Waals surface area contributed by atoms with Crippen molar-refractivity contribution in [2.24, 2.45) is 0 Å². The van der Waals surface area contributed by atoms with Crippen molar-refractivity contribution in [1.29, 1.82) is 0 Å². The van der Waals surface area contributed by atoms with Crippen LogP contribution in [0, 0.1) is 0 Å². The second-order valence-corrected chi connectivity index (χ2v) is 8.25. The molecule has 1 fully saturated rings. The quantitative estimate of drug-likeness (QED) is 0.887. The molecular weight excluding hydrogens is 308 g/mol. The zero-order valence-corrected chi connectivity index (χ0v) is 15.4. The summed E-state index contributed by atoms with van der Waals surface area (Å²) >= 11 is 2.01. The molecule has 0 saturated carbocycles. The monoisotopic (exact) mass is 336 g/mol. The molecular formula is C18H28N2O2S. The van der Waals surface area contributed by atoms with Gasteiger partial charge in [0.1, 0.15) is 5.60 Å². The van der Waals surface area contributed by atoms with E-state index < -0.39 is 5.60 Å². The predicted octanol–water partition coefficient (Wildman–Crippen LogP) is 4.36. The number of nitrogens with zero attached hydrogens (tertiary/aromatic N) is 1. The highest BCUT2D eigenvalue weighted by atomic mass is 32.2. The highest BCUT2D eigenvalue weighted by Gasteiger charge is 2.20. The van der Waals surface area contributed by atoms with Crippen molar-refractivity contribution in [3.63, 3.8) is 0 Å². The summed E-state index contributed by atoms with van der Waals surface area (Å²) in [5, 5.41) is 3.61. The fourth-order valence-corrected chi connectivity index (χ4v) is 3.60. The molecule has 1 heterocycles. The molecule has 4 nitrogen and oxygen atoms in total. The van der Waals surface area contributed by atoms with E-state index in [1.165, 1.54) is 24.3 Å². The van der Waals surface area contributed by atoms with Crippen molar-refractivity contribution in [1.82, 2.24) is 4.90 Å². The zero-order valence-electron chi connectivity index (χ0n) is 14.6. The maximum Gasteiger partial charge on any atom is 0.410 e.